The summed E-state index contributed by atoms with van der Waals surface area (Å²) in [4.78, 5) is 0. The van der Waals surface area contributed by atoms with E-state index >= 15 is 0 Å². The van der Waals surface area contributed by atoms with Crippen LogP contribution in [0.3, 0.4) is 0 Å². The number of benzene rings is 7. The lowest BCUT2D eigenvalue weighted by molar-refractivity contribution is 1.61. The van der Waals surface area contributed by atoms with Gasteiger partial charge in [0.2, 0.25) is 0 Å². The lowest BCUT2D eigenvalue weighted by Crippen LogP contribution is -2.49. The molecule has 0 nitrogen and oxygen atoms in total. The van der Waals surface area contributed by atoms with Crippen molar-refractivity contribution in [2.75, 3.05) is 0 Å². The summed E-state index contributed by atoms with van der Waals surface area (Å²) in [5.41, 5.74) is 10.5. The maximum Gasteiger partial charge on any atom is 0.113 e. The van der Waals surface area contributed by atoms with Crippen molar-refractivity contribution in [2.24, 2.45) is 0 Å². The van der Waals surface area contributed by atoms with Crippen LogP contribution in [0.5, 0.6) is 0 Å². The van der Waals surface area contributed by atoms with Crippen molar-refractivity contribution in [3.05, 3.63) is 146 Å². The Bertz CT molecular complexity index is 2100. The minimum atomic E-state index is -1.85. The minimum absolute atomic E-state index is 1.24. The van der Waals surface area contributed by atoms with Gasteiger partial charge in [-0.3, -0.25) is 0 Å². The molecule has 0 amide bonds. The molecule has 0 radical (unpaired) electrons. The molecule has 8 rings (SSSR count). The van der Waals surface area contributed by atoms with E-state index in [4.69, 9.17) is 0 Å². The van der Waals surface area contributed by atoms with Gasteiger partial charge in [0.1, 0.15) is 8.07 Å². The van der Waals surface area contributed by atoms with Gasteiger partial charge in [-0.25, -0.2) is 0 Å². The maximum absolute atomic E-state index is 2.57. The monoisotopic (exact) mass is 538 g/mol. The number of fused-ring (bicyclic) bond motifs is 5. The van der Waals surface area contributed by atoms with Gasteiger partial charge in [-0.2, -0.15) is 0 Å². The molecular weight excluding hydrogens is 509 g/mol. The summed E-state index contributed by atoms with van der Waals surface area (Å²) >= 11 is 0. The average molecular weight is 539 g/mol. The molecule has 0 N–H and O–H groups in total. The molecule has 1 aliphatic heterocycles. The van der Waals surface area contributed by atoms with Gasteiger partial charge in [0, 0.05) is 0 Å². The highest BCUT2D eigenvalue weighted by Gasteiger charge is 2.38. The van der Waals surface area contributed by atoms with E-state index in [0.717, 1.165) is 0 Å². The van der Waals surface area contributed by atoms with Crippen LogP contribution < -0.4 is 10.4 Å². The van der Waals surface area contributed by atoms with Crippen molar-refractivity contribution in [2.45, 2.75) is 13.1 Å². The third-order valence-electron chi connectivity index (χ3n) is 9.07. The molecule has 0 aromatic heterocycles. The molecule has 1 heteroatoms. The Morgan fingerprint density at radius 3 is 1.56 bits per heavy atom. The first-order valence-corrected chi connectivity index (χ1v) is 17.5. The standard InChI is InChI=1S/C40H30Si/c1-41(2)37-24-14-13-20-30(37)34-25-35-36(26-38(34)41)39(28-17-7-4-8-18-28)32-22-11-12-23-33(32)40(35)31-21-10-9-19-29(31)27-15-5-3-6-16-27/h3-26H,1-2H3. The van der Waals surface area contributed by atoms with Gasteiger partial charge in [0.05, 0.1) is 0 Å². The number of hydrogen-bond donors (Lipinski definition) is 0. The molecule has 0 fully saturated rings. The minimum Gasteiger partial charge on any atom is -0.0623 e. The molecule has 0 saturated carbocycles. The lowest BCUT2D eigenvalue weighted by Gasteiger charge is -2.23. The van der Waals surface area contributed by atoms with E-state index in [1.54, 1.807) is 10.4 Å². The van der Waals surface area contributed by atoms with Gasteiger partial charge >= 0.3 is 0 Å². The zero-order valence-corrected chi connectivity index (χ0v) is 24.4. The van der Waals surface area contributed by atoms with Crippen LogP contribution in [0.4, 0.5) is 0 Å². The quantitative estimate of drug-likeness (QED) is 0.155. The molecule has 0 bridgehead atoms. The van der Waals surface area contributed by atoms with Crippen LogP contribution in [0, 0.1) is 0 Å². The summed E-state index contributed by atoms with van der Waals surface area (Å²) in [6.45, 7) is 5.02. The summed E-state index contributed by atoms with van der Waals surface area (Å²) in [6.07, 6.45) is 0. The summed E-state index contributed by atoms with van der Waals surface area (Å²) in [5, 5.41) is 8.36. The first-order chi connectivity index (χ1) is 20.1. The van der Waals surface area contributed by atoms with E-state index in [1.165, 1.54) is 66.1 Å². The maximum atomic E-state index is 2.57. The van der Waals surface area contributed by atoms with Crippen LogP contribution in [0.15, 0.2) is 146 Å². The Labute approximate surface area is 242 Å². The summed E-state index contributed by atoms with van der Waals surface area (Å²) in [5.74, 6) is 0. The van der Waals surface area contributed by atoms with Crippen molar-refractivity contribution in [3.63, 3.8) is 0 Å². The van der Waals surface area contributed by atoms with Crippen LogP contribution in [0.2, 0.25) is 13.1 Å². The second-order valence-corrected chi connectivity index (χ2v) is 16.0. The Balaban J connectivity index is 1.59. The number of rotatable bonds is 3. The van der Waals surface area contributed by atoms with Gasteiger partial charge in [-0.15, -0.1) is 0 Å². The molecule has 0 spiro atoms. The fraction of sp³-hybridized carbons (Fsp3) is 0.0500. The highest BCUT2D eigenvalue weighted by Crippen LogP contribution is 2.47. The molecular formula is C40H30Si. The van der Waals surface area contributed by atoms with E-state index < -0.39 is 8.07 Å². The van der Waals surface area contributed by atoms with Crippen LogP contribution in [-0.4, -0.2) is 8.07 Å². The fourth-order valence-electron chi connectivity index (χ4n) is 7.15. The van der Waals surface area contributed by atoms with Crippen LogP contribution in [0.1, 0.15) is 0 Å². The van der Waals surface area contributed by atoms with E-state index in [1.807, 2.05) is 0 Å². The zero-order chi connectivity index (χ0) is 27.6. The molecule has 0 saturated heterocycles. The second kappa shape index (κ2) is 9.16. The molecule has 0 aliphatic carbocycles. The van der Waals surface area contributed by atoms with Gasteiger partial charge in [-0.05, 0) is 82.5 Å². The van der Waals surface area contributed by atoms with Crippen molar-refractivity contribution in [1.82, 2.24) is 0 Å². The summed E-state index contributed by atoms with van der Waals surface area (Å²) in [6, 6.07) is 54.0. The van der Waals surface area contributed by atoms with Crippen molar-refractivity contribution in [1.29, 1.82) is 0 Å². The SMILES string of the molecule is C[Si]1(C)c2ccccc2-c2cc3c(-c4ccccc4-c4ccccc4)c4ccccc4c(-c4ccccc4)c3cc21. The third kappa shape index (κ3) is 3.59. The predicted molar refractivity (Wildman–Crippen MR) is 180 cm³/mol. The van der Waals surface area contributed by atoms with Gasteiger partial charge in [-0.1, -0.05) is 153 Å². The number of hydrogen-bond acceptors (Lipinski definition) is 0. The molecule has 1 heterocycles. The van der Waals surface area contributed by atoms with Crippen molar-refractivity contribution >= 4 is 40.0 Å². The molecule has 1 aliphatic rings. The first-order valence-electron chi connectivity index (χ1n) is 14.5. The highest BCUT2D eigenvalue weighted by molar-refractivity contribution is 7.04. The highest BCUT2D eigenvalue weighted by atomic mass is 28.3. The first kappa shape index (κ1) is 24.1. The van der Waals surface area contributed by atoms with Crippen LogP contribution >= 0.6 is 0 Å². The van der Waals surface area contributed by atoms with Crippen LogP contribution in [0.25, 0.3) is 66.1 Å². The summed E-state index contributed by atoms with van der Waals surface area (Å²) in [7, 11) is -1.85. The molecule has 194 valence electrons. The smallest absolute Gasteiger partial charge is 0.0623 e. The van der Waals surface area contributed by atoms with Gasteiger partial charge in [0.15, 0.2) is 0 Å². The molecule has 0 unspecified atom stereocenters. The molecule has 41 heavy (non-hydrogen) atoms. The topological polar surface area (TPSA) is 0 Å². The zero-order valence-electron chi connectivity index (χ0n) is 23.4. The Kier molecular flexibility index (Phi) is 5.38. The van der Waals surface area contributed by atoms with E-state index in [0.29, 0.717) is 0 Å². The largest absolute Gasteiger partial charge is 0.113 e. The average Bonchev–Trinajstić information content (AvgIpc) is 3.25. The Morgan fingerprint density at radius 2 is 0.854 bits per heavy atom. The van der Waals surface area contributed by atoms with Crippen molar-refractivity contribution < 1.29 is 0 Å². The lowest BCUT2D eigenvalue weighted by atomic mass is 9.83. The van der Waals surface area contributed by atoms with Crippen molar-refractivity contribution in [3.8, 4) is 44.5 Å². The van der Waals surface area contributed by atoms with Gasteiger partial charge < -0.3 is 0 Å². The third-order valence-corrected chi connectivity index (χ3v) is 12.6. The molecule has 7 aromatic rings. The van der Waals surface area contributed by atoms with E-state index in [-0.39, 0.29) is 0 Å². The Morgan fingerprint density at radius 1 is 0.341 bits per heavy atom. The molecule has 7 aromatic carbocycles. The fourth-order valence-corrected chi connectivity index (χ4v) is 10.2. The summed E-state index contributed by atoms with van der Waals surface area (Å²) < 4.78 is 0. The molecule has 0 atom stereocenters. The predicted octanol–water partition coefficient (Wildman–Crippen LogP) is 9.80. The second-order valence-electron chi connectivity index (χ2n) is 11.7. The van der Waals surface area contributed by atoms with Gasteiger partial charge in [0.25, 0.3) is 0 Å². The normalized spacial score (nSPS) is 13.3. The van der Waals surface area contributed by atoms with E-state index in [9.17, 15) is 0 Å². The Hall–Kier alpha value is -4.72. The van der Waals surface area contributed by atoms with E-state index in [2.05, 4.69) is 159 Å². The van der Waals surface area contributed by atoms with Crippen LogP contribution in [-0.2, 0) is 0 Å².